The number of aliphatic hydroxyl groups is 1. The van der Waals surface area contributed by atoms with E-state index in [4.69, 9.17) is 9.84 Å². The highest BCUT2D eigenvalue weighted by Crippen LogP contribution is 2.06. The van der Waals surface area contributed by atoms with E-state index in [1.165, 1.54) is 0 Å². The van der Waals surface area contributed by atoms with Gasteiger partial charge in [-0.2, -0.15) is 0 Å². The molecule has 0 aromatic rings. The molecule has 1 unspecified atom stereocenters. The van der Waals surface area contributed by atoms with Gasteiger partial charge < -0.3 is 14.3 Å². The number of rotatable bonds is 8. The van der Waals surface area contributed by atoms with E-state index in [2.05, 4.69) is 13.6 Å². The van der Waals surface area contributed by atoms with E-state index in [-0.39, 0.29) is 12.7 Å². The van der Waals surface area contributed by atoms with Crippen molar-refractivity contribution in [1.29, 1.82) is 0 Å². The van der Waals surface area contributed by atoms with E-state index in [1.807, 2.05) is 20.8 Å². The van der Waals surface area contributed by atoms with Gasteiger partial charge in [0, 0.05) is 0 Å². The Hall–Kier alpha value is -0.380. The minimum atomic E-state index is 0.214. The van der Waals surface area contributed by atoms with Gasteiger partial charge in [0.1, 0.15) is 13.1 Å². The summed E-state index contributed by atoms with van der Waals surface area (Å²) in [5.41, 5.74) is 1.15. The Morgan fingerprint density at radius 2 is 2.00 bits per heavy atom. The third-order valence-corrected chi connectivity index (χ3v) is 2.37. The molecule has 0 saturated carbocycles. The normalized spacial score (nSPS) is 15.3. The summed E-state index contributed by atoms with van der Waals surface area (Å²) in [6.45, 7) is 13.6. The second-order valence-corrected chi connectivity index (χ2v) is 4.83. The molecule has 3 nitrogen and oxygen atoms in total. The highest BCUT2D eigenvalue weighted by atomic mass is 16.5. The van der Waals surface area contributed by atoms with Crippen LogP contribution in [0.1, 0.15) is 20.8 Å². The lowest BCUT2D eigenvalue weighted by Crippen LogP contribution is -2.49. The molecule has 0 spiro atoms. The van der Waals surface area contributed by atoms with Crippen LogP contribution in [0.5, 0.6) is 0 Å². The van der Waals surface area contributed by atoms with Crippen LogP contribution in [0.4, 0.5) is 0 Å². The molecular formula is C12H26NO2+. The number of hydrogen-bond acceptors (Lipinski definition) is 2. The van der Waals surface area contributed by atoms with E-state index in [9.17, 15) is 0 Å². The summed E-state index contributed by atoms with van der Waals surface area (Å²) >= 11 is 0. The highest BCUT2D eigenvalue weighted by Gasteiger charge is 2.20. The molecular weight excluding hydrogens is 190 g/mol. The number of aliphatic hydroxyl groups excluding tert-OH is 1. The van der Waals surface area contributed by atoms with Crippen LogP contribution in [0.3, 0.4) is 0 Å². The van der Waals surface area contributed by atoms with Crippen LogP contribution in [0.2, 0.25) is 0 Å². The molecule has 0 aliphatic heterocycles. The second kappa shape index (κ2) is 6.99. The van der Waals surface area contributed by atoms with E-state index < -0.39 is 0 Å². The van der Waals surface area contributed by atoms with Gasteiger partial charge in [-0.15, -0.1) is 0 Å². The molecule has 0 aromatic carbocycles. The first-order chi connectivity index (χ1) is 6.89. The van der Waals surface area contributed by atoms with Crippen LogP contribution in [0, 0.1) is 0 Å². The maximum Gasteiger partial charge on any atom is 0.103 e. The van der Waals surface area contributed by atoms with Crippen LogP contribution in [-0.2, 0) is 4.74 Å². The molecule has 0 bridgehead atoms. The molecule has 0 heterocycles. The van der Waals surface area contributed by atoms with Crippen molar-refractivity contribution in [2.75, 3.05) is 39.9 Å². The molecule has 0 saturated heterocycles. The molecule has 15 heavy (non-hydrogen) atoms. The third-order valence-electron chi connectivity index (χ3n) is 2.37. The van der Waals surface area contributed by atoms with Crippen LogP contribution in [-0.4, -0.2) is 55.6 Å². The monoisotopic (exact) mass is 216 g/mol. The Labute approximate surface area is 93.9 Å². The molecule has 0 aliphatic carbocycles. The molecule has 3 heteroatoms. The number of ether oxygens (including phenoxy) is 1. The summed E-state index contributed by atoms with van der Waals surface area (Å²) < 4.78 is 6.34. The van der Waals surface area contributed by atoms with Crippen LogP contribution >= 0.6 is 0 Å². The zero-order chi connectivity index (χ0) is 11.9. The van der Waals surface area contributed by atoms with Gasteiger partial charge in [-0.25, -0.2) is 0 Å². The maximum atomic E-state index is 9.04. The van der Waals surface area contributed by atoms with Crippen molar-refractivity contribution in [3.05, 3.63) is 12.2 Å². The molecule has 90 valence electrons. The average molecular weight is 216 g/mol. The molecule has 1 N–H and O–H groups in total. The molecule has 0 aliphatic rings. The van der Waals surface area contributed by atoms with Crippen molar-refractivity contribution >= 4 is 0 Å². The van der Waals surface area contributed by atoms with E-state index in [1.54, 1.807) is 0 Å². The number of quaternary nitrogens is 1. The van der Waals surface area contributed by atoms with Gasteiger partial charge in [0.05, 0.1) is 32.9 Å². The fourth-order valence-corrected chi connectivity index (χ4v) is 1.67. The SMILES string of the molecule is C=C(C)C[N+](C)(CCO)CCOC(C)C. The summed E-state index contributed by atoms with van der Waals surface area (Å²) in [4.78, 5) is 0. The molecule has 0 amide bonds. The van der Waals surface area contributed by atoms with Gasteiger partial charge in [0.15, 0.2) is 0 Å². The Kier molecular flexibility index (Phi) is 6.81. The summed E-state index contributed by atoms with van der Waals surface area (Å²) in [6, 6.07) is 0. The van der Waals surface area contributed by atoms with Gasteiger partial charge in [0.25, 0.3) is 0 Å². The molecule has 1 atom stereocenters. The predicted octanol–water partition coefficient (Wildman–Crippen LogP) is 1.43. The van der Waals surface area contributed by atoms with Gasteiger partial charge in [-0.1, -0.05) is 6.58 Å². The van der Waals surface area contributed by atoms with Crippen molar-refractivity contribution in [2.45, 2.75) is 26.9 Å². The minimum Gasteiger partial charge on any atom is -0.391 e. The zero-order valence-corrected chi connectivity index (χ0v) is 10.6. The van der Waals surface area contributed by atoms with Crippen LogP contribution in [0.25, 0.3) is 0 Å². The van der Waals surface area contributed by atoms with Crippen molar-refractivity contribution in [2.24, 2.45) is 0 Å². The Balaban J connectivity index is 4.06. The first-order valence-electron chi connectivity index (χ1n) is 5.60. The number of nitrogens with zero attached hydrogens (tertiary/aromatic N) is 1. The predicted molar refractivity (Wildman–Crippen MR) is 63.8 cm³/mol. The Bertz CT molecular complexity index is 192. The molecule has 0 aromatic heterocycles. The fraction of sp³-hybridized carbons (Fsp3) is 0.833. The van der Waals surface area contributed by atoms with Gasteiger partial charge in [-0.05, 0) is 26.3 Å². The van der Waals surface area contributed by atoms with E-state index in [0.29, 0.717) is 0 Å². The average Bonchev–Trinajstić information content (AvgIpc) is 2.01. The first kappa shape index (κ1) is 14.6. The van der Waals surface area contributed by atoms with Crippen molar-refractivity contribution < 1.29 is 14.3 Å². The Morgan fingerprint density at radius 1 is 1.40 bits per heavy atom. The maximum absolute atomic E-state index is 9.04. The van der Waals surface area contributed by atoms with Gasteiger partial charge in [0.2, 0.25) is 0 Å². The number of hydrogen-bond donors (Lipinski definition) is 1. The summed E-state index contributed by atoms with van der Waals surface area (Å²) in [7, 11) is 2.13. The quantitative estimate of drug-likeness (QED) is 0.491. The van der Waals surface area contributed by atoms with E-state index >= 15 is 0 Å². The standard InChI is InChI=1S/C12H26NO2/c1-11(2)10-13(5,6-8-14)7-9-15-12(3)4/h12,14H,1,6-10H2,2-5H3/q+1. The third kappa shape index (κ3) is 7.54. The summed E-state index contributed by atoms with van der Waals surface area (Å²) in [5.74, 6) is 0. The lowest BCUT2D eigenvalue weighted by molar-refractivity contribution is -0.905. The molecule has 0 fully saturated rings. The summed E-state index contributed by atoms with van der Waals surface area (Å²) in [6.07, 6.45) is 0.275. The van der Waals surface area contributed by atoms with Crippen molar-refractivity contribution in [3.8, 4) is 0 Å². The lowest BCUT2D eigenvalue weighted by atomic mass is 10.2. The largest absolute Gasteiger partial charge is 0.391 e. The second-order valence-electron chi connectivity index (χ2n) is 4.83. The van der Waals surface area contributed by atoms with E-state index in [0.717, 1.165) is 36.3 Å². The Morgan fingerprint density at radius 3 is 2.40 bits per heavy atom. The van der Waals surface area contributed by atoms with Gasteiger partial charge >= 0.3 is 0 Å². The van der Waals surface area contributed by atoms with Gasteiger partial charge in [-0.3, -0.25) is 0 Å². The first-order valence-corrected chi connectivity index (χ1v) is 5.60. The lowest BCUT2D eigenvalue weighted by Gasteiger charge is -2.34. The molecule has 0 rings (SSSR count). The minimum absolute atomic E-state index is 0.214. The summed E-state index contributed by atoms with van der Waals surface area (Å²) in [5, 5.41) is 9.04. The smallest absolute Gasteiger partial charge is 0.103 e. The van der Waals surface area contributed by atoms with Crippen LogP contribution < -0.4 is 0 Å². The fourth-order valence-electron chi connectivity index (χ4n) is 1.67. The van der Waals surface area contributed by atoms with Crippen LogP contribution in [0.15, 0.2) is 12.2 Å². The van der Waals surface area contributed by atoms with Crippen molar-refractivity contribution in [1.82, 2.24) is 0 Å². The zero-order valence-electron chi connectivity index (χ0n) is 10.6. The molecule has 0 radical (unpaired) electrons. The number of likely N-dealkylation sites (N-methyl/N-ethyl adjacent to an activating group) is 1. The topological polar surface area (TPSA) is 29.5 Å². The highest BCUT2D eigenvalue weighted by molar-refractivity contribution is 4.87. The van der Waals surface area contributed by atoms with Crippen molar-refractivity contribution in [3.63, 3.8) is 0 Å².